The van der Waals surface area contributed by atoms with Gasteiger partial charge in [-0.05, 0) is 41.6 Å². The summed E-state index contributed by atoms with van der Waals surface area (Å²) in [5.74, 6) is 1.12. The molecule has 0 saturated heterocycles. The predicted octanol–water partition coefficient (Wildman–Crippen LogP) is 5.36. The Morgan fingerprint density at radius 3 is 2.57 bits per heavy atom. The van der Waals surface area contributed by atoms with Crippen molar-refractivity contribution in [2.45, 2.75) is 19.6 Å². The van der Waals surface area contributed by atoms with Crippen LogP contribution in [0.25, 0.3) is 10.9 Å². The van der Waals surface area contributed by atoms with Crippen molar-refractivity contribution in [2.75, 3.05) is 0 Å². The van der Waals surface area contributed by atoms with Crippen LogP contribution in [0.1, 0.15) is 0 Å². The van der Waals surface area contributed by atoms with E-state index in [9.17, 15) is 4.39 Å². The van der Waals surface area contributed by atoms with Crippen LogP contribution < -0.4 is 9.92 Å². The second-order valence-electron chi connectivity index (χ2n) is 6.44. The largest absolute Gasteiger partial charge is 0.457 e. The molecular formula is C18H17ClFNOSi. The number of halogens is 2. The summed E-state index contributed by atoms with van der Waals surface area (Å²) in [7, 11) is -1.75. The number of hydrogen-bond donors (Lipinski definition) is 0. The van der Waals surface area contributed by atoms with E-state index in [1.54, 1.807) is 30.5 Å². The third-order valence-electron chi connectivity index (χ3n) is 3.65. The molecule has 0 amide bonds. The van der Waals surface area contributed by atoms with Gasteiger partial charge in [0.15, 0.2) is 0 Å². The molecule has 0 radical (unpaired) electrons. The Morgan fingerprint density at radius 2 is 1.83 bits per heavy atom. The molecule has 3 rings (SSSR count). The first-order chi connectivity index (χ1) is 10.9. The van der Waals surface area contributed by atoms with Crippen LogP contribution in [0.4, 0.5) is 4.39 Å². The maximum Gasteiger partial charge on any atom is 0.138 e. The fraction of sp³-hybridized carbons (Fsp3) is 0.167. The van der Waals surface area contributed by atoms with Crippen molar-refractivity contribution in [3.63, 3.8) is 0 Å². The average molecular weight is 346 g/mol. The standard InChI is InChI=1S/C18H17ClFNOSi/c1-23(2,3)17-11-12(20)7-8-16(17)22-15-9-10-21-18-13(15)5-4-6-14(18)19/h4-11H,1-3H3. The van der Waals surface area contributed by atoms with E-state index in [0.29, 0.717) is 22.0 Å². The number of hydrogen-bond acceptors (Lipinski definition) is 2. The van der Waals surface area contributed by atoms with Gasteiger partial charge in [-0.25, -0.2) is 4.39 Å². The second-order valence-corrected chi connectivity index (χ2v) is 11.9. The zero-order chi connectivity index (χ0) is 16.6. The summed E-state index contributed by atoms with van der Waals surface area (Å²) < 4.78 is 19.8. The maximum atomic E-state index is 13.7. The van der Waals surface area contributed by atoms with E-state index < -0.39 is 8.07 Å². The monoisotopic (exact) mass is 345 g/mol. The number of pyridine rings is 1. The fourth-order valence-corrected chi connectivity index (χ4v) is 4.17. The van der Waals surface area contributed by atoms with Crippen molar-refractivity contribution in [1.29, 1.82) is 0 Å². The van der Waals surface area contributed by atoms with Gasteiger partial charge in [0.1, 0.15) is 17.3 Å². The van der Waals surface area contributed by atoms with E-state index in [0.717, 1.165) is 10.6 Å². The SMILES string of the molecule is C[Si](C)(C)c1cc(F)ccc1Oc1ccnc2c(Cl)cccc12. The fourth-order valence-electron chi connectivity index (χ4n) is 2.50. The summed E-state index contributed by atoms with van der Waals surface area (Å²) in [4.78, 5) is 4.31. The Balaban J connectivity index is 2.12. The molecule has 23 heavy (non-hydrogen) atoms. The van der Waals surface area contributed by atoms with Crippen molar-refractivity contribution in [3.8, 4) is 11.5 Å². The molecule has 0 bridgehead atoms. The normalized spacial score (nSPS) is 11.7. The van der Waals surface area contributed by atoms with Crippen LogP contribution in [0.15, 0.2) is 48.7 Å². The first-order valence-corrected chi connectivity index (χ1v) is 11.3. The Hall–Kier alpha value is -1.91. The highest BCUT2D eigenvalue weighted by molar-refractivity contribution is 6.89. The number of nitrogens with zero attached hydrogens (tertiary/aromatic N) is 1. The maximum absolute atomic E-state index is 13.7. The van der Waals surface area contributed by atoms with Gasteiger partial charge in [-0.2, -0.15) is 0 Å². The van der Waals surface area contributed by atoms with E-state index in [2.05, 4.69) is 24.6 Å². The predicted molar refractivity (Wildman–Crippen MR) is 96.2 cm³/mol. The summed E-state index contributed by atoms with van der Waals surface area (Å²) >= 11 is 6.20. The number of para-hydroxylation sites is 1. The van der Waals surface area contributed by atoms with Crippen molar-refractivity contribution < 1.29 is 9.13 Å². The lowest BCUT2D eigenvalue weighted by Gasteiger charge is -2.21. The van der Waals surface area contributed by atoms with Crippen molar-refractivity contribution in [1.82, 2.24) is 4.98 Å². The van der Waals surface area contributed by atoms with Crippen LogP contribution >= 0.6 is 11.6 Å². The van der Waals surface area contributed by atoms with Crippen molar-refractivity contribution in [2.24, 2.45) is 0 Å². The third-order valence-corrected chi connectivity index (χ3v) is 5.96. The molecule has 0 spiro atoms. The minimum atomic E-state index is -1.75. The van der Waals surface area contributed by atoms with E-state index in [4.69, 9.17) is 16.3 Å². The Bertz CT molecular complexity index is 877. The van der Waals surface area contributed by atoms with Crippen molar-refractivity contribution in [3.05, 3.63) is 59.5 Å². The topological polar surface area (TPSA) is 22.1 Å². The molecule has 0 fully saturated rings. The van der Waals surface area contributed by atoms with E-state index in [1.165, 1.54) is 6.07 Å². The van der Waals surface area contributed by atoms with Crippen LogP contribution in [-0.2, 0) is 0 Å². The molecule has 0 atom stereocenters. The van der Waals surface area contributed by atoms with Gasteiger partial charge in [0, 0.05) is 11.6 Å². The first kappa shape index (κ1) is 16.0. The minimum Gasteiger partial charge on any atom is -0.457 e. The molecule has 118 valence electrons. The third kappa shape index (κ3) is 3.23. The minimum absolute atomic E-state index is 0.239. The summed E-state index contributed by atoms with van der Waals surface area (Å²) in [6, 6.07) is 12.1. The molecule has 0 aliphatic heterocycles. The van der Waals surface area contributed by atoms with Crippen molar-refractivity contribution >= 4 is 35.8 Å². The zero-order valence-electron chi connectivity index (χ0n) is 13.2. The average Bonchev–Trinajstić information content (AvgIpc) is 2.49. The Kier molecular flexibility index (Phi) is 4.13. The van der Waals surface area contributed by atoms with Gasteiger partial charge in [-0.1, -0.05) is 37.3 Å². The molecule has 2 nitrogen and oxygen atoms in total. The van der Waals surface area contributed by atoms with Gasteiger partial charge in [0.2, 0.25) is 0 Å². The number of aromatic nitrogens is 1. The number of ether oxygens (including phenoxy) is 1. The van der Waals surface area contributed by atoms with Gasteiger partial charge < -0.3 is 4.74 Å². The van der Waals surface area contributed by atoms with Gasteiger partial charge in [-0.15, -0.1) is 0 Å². The lowest BCUT2D eigenvalue weighted by Crippen LogP contribution is -2.38. The molecular weight excluding hydrogens is 329 g/mol. The molecule has 0 aliphatic carbocycles. The van der Waals surface area contributed by atoms with E-state index in [-0.39, 0.29) is 5.82 Å². The molecule has 1 aromatic heterocycles. The summed E-state index contributed by atoms with van der Waals surface area (Å²) in [6.07, 6.45) is 1.67. The van der Waals surface area contributed by atoms with Gasteiger partial charge in [0.25, 0.3) is 0 Å². The smallest absolute Gasteiger partial charge is 0.138 e. The molecule has 0 unspecified atom stereocenters. The summed E-state index contributed by atoms with van der Waals surface area (Å²) in [6.45, 7) is 6.49. The molecule has 3 aromatic rings. The molecule has 0 saturated carbocycles. The molecule has 5 heteroatoms. The quantitative estimate of drug-likeness (QED) is 0.596. The zero-order valence-corrected chi connectivity index (χ0v) is 15.0. The summed E-state index contributed by atoms with van der Waals surface area (Å²) in [5, 5.41) is 2.37. The van der Waals surface area contributed by atoms with Crippen LogP contribution in [-0.4, -0.2) is 13.1 Å². The first-order valence-electron chi connectivity index (χ1n) is 7.37. The van der Waals surface area contributed by atoms with Gasteiger partial charge in [-0.3, -0.25) is 4.98 Å². The highest BCUT2D eigenvalue weighted by atomic mass is 35.5. The highest BCUT2D eigenvalue weighted by Crippen LogP contribution is 2.32. The molecule has 1 heterocycles. The summed E-state index contributed by atoms with van der Waals surface area (Å²) in [5.41, 5.74) is 0.698. The lowest BCUT2D eigenvalue weighted by atomic mass is 10.2. The molecule has 2 aromatic carbocycles. The van der Waals surface area contributed by atoms with E-state index in [1.807, 2.05) is 12.1 Å². The number of benzene rings is 2. The lowest BCUT2D eigenvalue weighted by molar-refractivity contribution is 0.489. The Labute approximate surface area is 140 Å². The van der Waals surface area contributed by atoms with E-state index >= 15 is 0 Å². The van der Waals surface area contributed by atoms with Crippen LogP contribution in [0.2, 0.25) is 24.7 Å². The Morgan fingerprint density at radius 1 is 1.04 bits per heavy atom. The molecule has 0 aliphatic rings. The number of rotatable bonds is 3. The van der Waals surface area contributed by atoms with Crippen LogP contribution in [0, 0.1) is 5.82 Å². The molecule has 0 N–H and O–H groups in total. The number of fused-ring (bicyclic) bond motifs is 1. The van der Waals surface area contributed by atoms with Crippen LogP contribution in [0.5, 0.6) is 11.5 Å². The highest BCUT2D eigenvalue weighted by Gasteiger charge is 2.22. The van der Waals surface area contributed by atoms with Gasteiger partial charge in [0.05, 0.1) is 18.6 Å². The van der Waals surface area contributed by atoms with Crippen LogP contribution in [0.3, 0.4) is 0 Å². The second kappa shape index (κ2) is 5.94. The van der Waals surface area contributed by atoms with Gasteiger partial charge >= 0.3 is 0 Å².